The highest BCUT2D eigenvalue weighted by Gasteiger charge is 2.52. The molecule has 0 spiro atoms. The molecule has 0 amide bonds. The fourth-order valence-corrected chi connectivity index (χ4v) is 25.7. The number of aromatic nitrogens is 1. The lowest BCUT2D eigenvalue weighted by atomic mass is 9.33. The Labute approximate surface area is 544 Å². The van der Waals surface area contributed by atoms with Crippen molar-refractivity contribution in [1.29, 1.82) is 0 Å². The molecule has 0 saturated heterocycles. The lowest BCUT2D eigenvalue weighted by Crippen LogP contribution is -2.76. The fourth-order valence-electron chi connectivity index (χ4n) is 15.8. The lowest BCUT2D eigenvalue weighted by Gasteiger charge is -2.48. The summed E-state index contributed by atoms with van der Waals surface area (Å²) in [5, 5.41) is 13.2. The van der Waals surface area contributed by atoms with Gasteiger partial charge in [-0.2, -0.15) is 0 Å². The third-order valence-electron chi connectivity index (χ3n) is 19.9. The zero-order valence-corrected chi connectivity index (χ0v) is 55.1. The van der Waals surface area contributed by atoms with Crippen molar-refractivity contribution in [1.82, 2.24) is 4.57 Å². The SMILES string of the molecule is CC(C)(C)c1ccc2c(c1)B1c3cc(C(C)(C)C)cc([Si](c4ccccc4)(c4ccccc4)c4ccccc4)c3N(c3ccccc3)c3cc(-n4c5ccccc5c5ccccc54)cc(c31)N2c1ccccc1[Si](c1ccccc1)(c1ccccc1)c1ccccc1. The van der Waals surface area contributed by atoms with Gasteiger partial charge >= 0.3 is 0 Å². The van der Waals surface area contributed by atoms with Crippen molar-refractivity contribution in [2.75, 3.05) is 9.80 Å². The molecule has 92 heavy (non-hydrogen) atoms. The zero-order chi connectivity index (χ0) is 62.3. The highest BCUT2D eigenvalue weighted by molar-refractivity contribution is 7.21. The Hall–Kier alpha value is -10.2. The highest BCUT2D eigenvalue weighted by atomic mass is 28.3. The molecule has 13 aromatic carbocycles. The molecule has 0 saturated carbocycles. The van der Waals surface area contributed by atoms with Crippen molar-refractivity contribution in [3.8, 4) is 5.69 Å². The molecule has 2 aliphatic rings. The Balaban J connectivity index is 1.13. The molecule has 2 aliphatic heterocycles. The summed E-state index contributed by atoms with van der Waals surface area (Å²) in [5.74, 6) is 0. The van der Waals surface area contributed by atoms with E-state index in [0.717, 1.165) is 22.7 Å². The molecule has 0 unspecified atom stereocenters. The maximum atomic E-state index is 2.72. The predicted molar refractivity (Wildman–Crippen MR) is 399 cm³/mol. The molecule has 0 radical (unpaired) electrons. The van der Waals surface area contributed by atoms with E-state index in [0.29, 0.717) is 0 Å². The fraction of sp³-hybridized carbons (Fsp3) is 0.0930. The monoisotopic (exact) mass is 1210 g/mol. The lowest BCUT2D eigenvalue weighted by molar-refractivity contribution is 0.591. The third-order valence-corrected chi connectivity index (χ3v) is 29.5. The van der Waals surface area contributed by atoms with Crippen molar-refractivity contribution in [3.63, 3.8) is 0 Å². The van der Waals surface area contributed by atoms with Gasteiger partial charge in [0.05, 0.1) is 16.7 Å². The number of benzene rings is 13. The smallest absolute Gasteiger partial charge is 0.252 e. The summed E-state index contributed by atoms with van der Waals surface area (Å²) >= 11 is 0. The van der Waals surface area contributed by atoms with Crippen molar-refractivity contribution in [2.24, 2.45) is 0 Å². The van der Waals surface area contributed by atoms with Crippen LogP contribution >= 0.6 is 0 Å². The van der Waals surface area contributed by atoms with Gasteiger partial charge in [0.25, 0.3) is 6.71 Å². The number of fused-ring (bicyclic) bond motifs is 7. The molecule has 3 heterocycles. The van der Waals surface area contributed by atoms with E-state index in [9.17, 15) is 0 Å². The summed E-state index contributed by atoms with van der Waals surface area (Å²) in [6.07, 6.45) is 0. The average molecular weight is 1210 g/mol. The van der Waals surface area contributed by atoms with E-state index in [2.05, 4.69) is 383 Å². The van der Waals surface area contributed by atoms with Crippen LogP contribution in [0.4, 0.5) is 34.1 Å². The third kappa shape index (κ3) is 8.90. The molecular formula is C86H72BN3Si2. The molecule has 0 bridgehead atoms. The van der Waals surface area contributed by atoms with Gasteiger partial charge in [0, 0.05) is 44.9 Å². The van der Waals surface area contributed by atoms with E-state index < -0.39 is 16.1 Å². The van der Waals surface area contributed by atoms with Crippen LogP contribution in [-0.4, -0.2) is 27.4 Å². The second-order valence-corrected chi connectivity index (χ2v) is 34.7. The largest absolute Gasteiger partial charge is 0.311 e. The van der Waals surface area contributed by atoms with E-state index in [-0.39, 0.29) is 17.5 Å². The highest BCUT2D eigenvalue weighted by Crippen LogP contribution is 2.47. The van der Waals surface area contributed by atoms with E-state index in [1.807, 2.05) is 0 Å². The van der Waals surface area contributed by atoms with Crippen molar-refractivity contribution in [2.45, 2.75) is 52.4 Å². The topological polar surface area (TPSA) is 11.4 Å². The summed E-state index contributed by atoms with van der Waals surface area (Å²) in [5.41, 5.74) is 16.6. The van der Waals surface area contributed by atoms with Crippen LogP contribution in [-0.2, 0) is 10.8 Å². The van der Waals surface area contributed by atoms with Gasteiger partial charge in [0.15, 0.2) is 16.1 Å². The molecule has 14 aromatic rings. The number of hydrogen-bond acceptors (Lipinski definition) is 2. The average Bonchev–Trinajstić information content (AvgIpc) is 0.700. The molecular weight excluding hydrogens is 1140 g/mol. The normalized spacial score (nSPS) is 13.0. The second-order valence-electron chi connectivity index (χ2n) is 27.2. The van der Waals surface area contributed by atoms with Crippen LogP contribution in [0.3, 0.4) is 0 Å². The molecule has 0 N–H and O–H groups in total. The van der Waals surface area contributed by atoms with E-state index >= 15 is 0 Å². The summed E-state index contributed by atoms with van der Waals surface area (Å²) in [7, 11) is -6.55. The van der Waals surface area contributed by atoms with Gasteiger partial charge in [-0.25, -0.2) is 0 Å². The Morgan fingerprint density at radius 1 is 0.283 bits per heavy atom. The Morgan fingerprint density at radius 3 is 1.12 bits per heavy atom. The van der Waals surface area contributed by atoms with Crippen LogP contribution in [0.15, 0.2) is 328 Å². The van der Waals surface area contributed by atoms with Gasteiger partial charge in [0.1, 0.15) is 0 Å². The zero-order valence-electron chi connectivity index (χ0n) is 53.1. The first-order chi connectivity index (χ1) is 45.0. The van der Waals surface area contributed by atoms with Gasteiger partial charge in [0.2, 0.25) is 0 Å². The van der Waals surface area contributed by atoms with Gasteiger partial charge in [-0.1, -0.05) is 321 Å². The molecule has 0 fully saturated rings. The number of para-hydroxylation sites is 4. The molecule has 0 atom stereocenters. The Bertz CT molecular complexity index is 4790. The van der Waals surface area contributed by atoms with Crippen LogP contribution in [0.5, 0.6) is 0 Å². The first-order valence-corrected chi connectivity index (χ1v) is 36.5. The summed E-state index contributed by atoms with van der Waals surface area (Å²) in [6, 6.07) is 126. The van der Waals surface area contributed by atoms with E-state index in [4.69, 9.17) is 0 Å². The van der Waals surface area contributed by atoms with Gasteiger partial charge in [-0.3, -0.25) is 0 Å². The van der Waals surface area contributed by atoms with E-state index in [1.165, 1.54) is 108 Å². The van der Waals surface area contributed by atoms with Crippen molar-refractivity contribution < 1.29 is 0 Å². The minimum Gasteiger partial charge on any atom is -0.311 e. The molecule has 0 aliphatic carbocycles. The minimum absolute atomic E-state index is 0.167. The predicted octanol–water partition coefficient (Wildman–Crippen LogP) is 14.2. The van der Waals surface area contributed by atoms with Crippen LogP contribution in [0.2, 0.25) is 0 Å². The Morgan fingerprint density at radius 2 is 0.663 bits per heavy atom. The second kappa shape index (κ2) is 22.3. The Kier molecular flexibility index (Phi) is 13.8. The maximum Gasteiger partial charge on any atom is 0.252 e. The molecule has 16 rings (SSSR count). The van der Waals surface area contributed by atoms with E-state index in [1.54, 1.807) is 0 Å². The van der Waals surface area contributed by atoms with Crippen LogP contribution < -0.4 is 67.7 Å². The number of nitrogens with zero attached hydrogens (tertiary/aromatic N) is 3. The van der Waals surface area contributed by atoms with Gasteiger partial charge in [-0.05, 0) is 128 Å². The molecule has 6 heteroatoms. The number of rotatable bonds is 11. The minimum atomic E-state index is -3.34. The summed E-state index contributed by atoms with van der Waals surface area (Å²) in [4.78, 5) is 5.44. The number of anilines is 6. The van der Waals surface area contributed by atoms with Crippen LogP contribution in [0, 0.1) is 0 Å². The summed E-state index contributed by atoms with van der Waals surface area (Å²) < 4.78 is 2.55. The van der Waals surface area contributed by atoms with Gasteiger partial charge in [-0.15, -0.1) is 0 Å². The quantitative estimate of drug-likeness (QED) is 0.0945. The van der Waals surface area contributed by atoms with Crippen LogP contribution in [0.25, 0.3) is 27.5 Å². The molecule has 442 valence electrons. The number of hydrogen-bond donors (Lipinski definition) is 0. The van der Waals surface area contributed by atoms with Crippen molar-refractivity contribution in [3.05, 3.63) is 339 Å². The summed E-state index contributed by atoms with van der Waals surface area (Å²) in [6.45, 7) is 14.2. The van der Waals surface area contributed by atoms with Crippen LogP contribution in [0.1, 0.15) is 52.7 Å². The molecule has 3 nitrogen and oxygen atoms in total. The first-order valence-electron chi connectivity index (χ1n) is 32.5. The van der Waals surface area contributed by atoms with Crippen molar-refractivity contribution >= 4 is 137 Å². The van der Waals surface area contributed by atoms with Gasteiger partial charge < -0.3 is 14.4 Å². The molecule has 1 aromatic heterocycles. The maximum absolute atomic E-state index is 3.34. The standard InChI is InChI=1S/C86H72BN3Si2/c1-85(2,3)61-54-55-77-73(56-61)87-74-57-62(86(4,5)6)58-82(92(68-42-22-11-23-43-68,69-44-24-12-25-45-69)70-46-26-13-27-47-70)84(74)89(63-34-14-7-15-35-63)79-59-64(88-75-50-30-28-48-71(75)72-49-29-31-51-76(72)88)60-80(83(79)87)90(77)78-52-32-33-53-81(78)91(65-36-16-8-17-37-65,66-38-18-9-19-39-66)67-40-20-10-21-41-67/h7-60H,1-6H3. The first kappa shape index (κ1) is 57.0.